The number of carbonyl (C=O) groups excluding carboxylic acids is 1. The molecule has 0 radical (unpaired) electrons. The lowest BCUT2D eigenvalue weighted by Crippen LogP contribution is -2.06. The number of nitrogens with zero attached hydrogens (tertiary/aromatic N) is 2. The molecule has 1 aromatic carbocycles. The molecule has 1 saturated carbocycles. The van der Waals surface area contributed by atoms with E-state index >= 15 is 0 Å². The standard InChI is InChI=1S/C14H14N2O4/c1-18-11-6-4-9(5-7-11)13-15-12(20-16-13)8-19-14(17)10-2-3-10/h4-7,10H,2-3,8H2,1H3. The third-order valence-corrected chi connectivity index (χ3v) is 3.06. The maximum atomic E-state index is 11.4. The molecule has 2 aromatic rings. The third kappa shape index (κ3) is 2.79. The summed E-state index contributed by atoms with van der Waals surface area (Å²) in [5.74, 6) is 1.40. The van der Waals surface area contributed by atoms with E-state index in [0.29, 0.717) is 11.7 Å². The van der Waals surface area contributed by atoms with Gasteiger partial charge in [0.15, 0.2) is 6.61 Å². The second-order valence-electron chi connectivity index (χ2n) is 4.62. The van der Waals surface area contributed by atoms with Crippen LogP contribution >= 0.6 is 0 Å². The summed E-state index contributed by atoms with van der Waals surface area (Å²) in [4.78, 5) is 15.6. The van der Waals surface area contributed by atoms with Crippen molar-refractivity contribution in [1.29, 1.82) is 0 Å². The van der Waals surface area contributed by atoms with Crippen LogP contribution in [0.15, 0.2) is 28.8 Å². The minimum atomic E-state index is -0.186. The number of esters is 1. The largest absolute Gasteiger partial charge is 0.497 e. The first-order valence-corrected chi connectivity index (χ1v) is 6.40. The van der Waals surface area contributed by atoms with Gasteiger partial charge in [-0.05, 0) is 37.1 Å². The van der Waals surface area contributed by atoms with Crippen LogP contribution in [-0.2, 0) is 16.1 Å². The first-order chi connectivity index (χ1) is 9.76. The van der Waals surface area contributed by atoms with Crippen molar-refractivity contribution in [2.75, 3.05) is 7.11 Å². The number of ether oxygens (including phenoxy) is 2. The molecule has 0 unspecified atom stereocenters. The molecule has 0 spiro atoms. The van der Waals surface area contributed by atoms with E-state index in [1.54, 1.807) is 7.11 Å². The van der Waals surface area contributed by atoms with Crippen molar-refractivity contribution in [1.82, 2.24) is 10.1 Å². The van der Waals surface area contributed by atoms with Crippen molar-refractivity contribution in [2.24, 2.45) is 5.92 Å². The van der Waals surface area contributed by atoms with Crippen LogP contribution in [0.4, 0.5) is 0 Å². The van der Waals surface area contributed by atoms with Gasteiger partial charge in [0.05, 0.1) is 13.0 Å². The van der Waals surface area contributed by atoms with Gasteiger partial charge in [-0.3, -0.25) is 4.79 Å². The van der Waals surface area contributed by atoms with E-state index in [0.717, 1.165) is 24.2 Å². The zero-order valence-electron chi connectivity index (χ0n) is 11.0. The number of carbonyl (C=O) groups is 1. The molecule has 20 heavy (non-hydrogen) atoms. The lowest BCUT2D eigenvalue weighted by Gasteiger charge is -1.99. The summed E-state index contributed by atoms with van der Waals surface area (Å²) >= 11 is 0. The predicted octanol–water partition coefficient (Wildman–Crippen LogP) is 2.20. The minimum absolute atomic E-state index is 0.0263. The molecule has 0 atom stereocenters. The van der Waals surface area contributed by atoms with Gasteiger partial charge in [0, 0.05) is 5.56 Å². The van der Waals surface area contributed by atoms with Gasteiger partial charge >= 0.3 is 5.97 Å². The van der Waals surface area contributed by atoms with Crippen molar-refractivity contribution in [3.63, 3.8) is 0 Å². The number of benzene rings is 1. The number of methoxy groups -OCH3 is 1. The summed E-state index contributed by atoms with van der Waals surface area (Å²) in [5.41, 5.74) is 0.814. The number of hydrogen-bond donors (Lipinski definition) is 0. The van der Waals surface area contributed by atoms with E-state index in [2.05, 4.69) is 10.1 Å². The van der Waals surface area contributed by atoms with Crippen LogP contribution in [0.5, 0.6) is 5.75 Å². The minimum Gasteiger partial charge on any atom is -0.497 e. The molecule has 0 bridgehead atoms. The molecule has 6 heteroatoms. The molecule has 1 fully saturated rings. The molecule has 1 aliphatic carbocycles. The van der Waals surface area contributed by atoms with Gasteiger partial charge in [0.2, 0.25) is 5.82 Å². The van der Waals surface area contributed by atoms with Gasteiger partial charge in [0.25, 0.3) is 5.89 Å². The Hall–Kier alpha value is -2.37. The molecule has 1 heterocycles. The smallest absolute Gasteiger partial charge is 0.309 e. The summed E-state index contributed by atoms with van der Waals surface area (Å²) in [6.07, 6.45) is 1.83. The zero-order valence-corrected chi connectivity index (χ0v) is 11.0. The van der Waals surface area contributed by atoms with Crippen molar-refractivity contribution >= 4 is 5.97 Å². The Balaban J connectivity index is 1.64. The molecule has 1 aliphatic rings. The summed E-state index contributed by atoms with van der Waals surface area (Å²) in [6, 6.07) is 7.31. The topological polar surface area (TPSA) is 74.5 Å². The van der Waals surface area contributed by atoms with E-state index in [1.165, 1.54) is 0 Å². The molecule has 0 saturated heterocycles. The van der Waals surface area contributed by atoms with Gasteiger partial charge in [-0.15, -0.1) is 0 Å². The summed E-state index contributed by atoms with van der Waals surface area (Å²) in [6.45, 7) is 0.0263. The Kier molecular flexibility index (Phi) is 3.37. The van der Waals surface area contributed by atoms with Gasteiger partial charge in [-0.25, -0.2) is 0 Å². The summed E-state index contributed by atoms with van der Waals surface area (Å²) in [7, 11) is 1.61. The van der Waals surface area contributed by atoms with E-state index in [9.17, 15) is 4.79 Å². The van der Waals surface area contributed by atoms with Crippen molar-refractivity contribution < 1.29 is 18.8 Å². The fourth-order valence-corrected chi connectivity index (χ4v) is 1.74. The van der Waals surface area contributed by atoms with Crippen LogP contribution in [0.2, 0.25) is 0 Å². The highest BCUT2D eigenvalue weighted by Crippen LogP contribution is 2.30. The Morgan fingerprint density at radius 3 is 2.75 bits per heavy atom. The molecule has 1 aromatic heterocycles. The van der Waals surface area contributed by atoms with Gasteiger partial charge in [-0.2, -0.15) is 4.98 Å². The lowest BCUT2D eigenvalue weighted by molar-refractivity contribution is -0.147. The second-order valence-corrected chi connectivity index (χ2v) is 4.62. The Bertz CT molecular complexity index is 602. The molecule has 3 rings (SSSR count). The van der Waals surface area contributed by atoms with Gasteiger partial charge < -0.3 is 14.0 Å². The second kappa shape index (κ2) is 5.32. The fourth-order valence-electron chi connectivity index (χ4n) is 1.74. The summed E-state index contributed by atoms with van der Waals surface area (Å²) < 4.78 is 15.2. The van der Waals surface area contributed by atoms with Crippen molar-refractivity contribution in [2.45, 2.75) is 19.4 Å². The van der Waals surface area contributed by atoms with Crippen LogP contribution in [0.25, 0.3) is 11.4 Å². The maximum absolute atomic E-state index is 11.4. The quantitative estimate of drug-likeness (QED) is 0.778. The van der Waals surface area contributed by atoms with Gasteiger partial charge in [0.1, 0.15) is 5.75 Å². The molecular formula is C14H14N2O4. The monoisotopic (exact) mass is 274 g/mol. The average molecular weight is 274 g/mol. The van der Waals surface area contributed by atoms with Crippen LogP contribution in [0.1, 0.15) is 18.7 Å². The average Bonchev–Trinajstić information content (AvgIpc) is 3.24. The zero-order chi connectivity index (χ0) is 13.9. The number of hydrogen-bond acceptors (Lipinski definition) is 6. The Morgan fingerprint density at radius 1 is 1.35 bits per heavy atom. The lowest BCUT2D eigenvalue weighted by atomic mass is 10.2. The summed E-state index contributed by atoms with van der Waals surface area (Å²) in [5, 5.41) is 3.86. The first kappa shape index (κ1) is 12.7. The van der Waals surface area contributed by atoms with Crippen LogP contribution < -0.4 is 4.74 Å². The Labute approximate surface area is 115 Å². The molecule has 104 valence electrons. The van der Waals surface area contributed by atoms with Gasteiger partial charge in [-0.1, -0.05) is 5.16 Å². The number of rotatable bonds is 5. The molecule has 0 amide bonds. The molecule has 0 aliphatic heterocycles. The highest BCUT2D eigenvalue weighted by Gasteiger charge is 2.31. The molecular weight excluding hydrogens is 260 g/mol. The first-order valence-electron chi connectivity index (χ1n) is 6.40. The van der Waals surface area contributed by atoms with Crippen LogP contribution in [-0.4, -0.2) is 23.2 Å². The number of aromatic nitrogens is 2. The highest BCUT2D eigenvalue weighted by molar-refractivity contribution is 5.74. The SMILES string of the molecule is COc1ccc(-c2noc(COC(=O)C3CC3)n2)cc1. The highest BCUT2D eigenvalue weighted by atomic mass is 16.6. The maximum Gasteiger partial charge on any atom is 0.309 e. The molecule has 0 N–H and O–H groups in total. The van der Waals surface area contributed by atoms with Crippen LogP contribution in [0.3, 0.4) is 0 Å². The van der Waals surface area contributed by atoms with Crippen molar-refractivity contribution in [3.8, 4) is 17.1 Å². The third-order valence-electron chi connectivity index (χ3n) is 3.06. The fraction of sp³-hybridized carbons (Fsp3) is 0.357. The normalized spacial score (nSPS) is 14.1. The Morgan fingerprint density at radius 2 is 2.10 bits per heavy atom. The van der Waals surface area contributed by atoms with Crippen LogP contribution in [0, 0.1) is 5.92 Å². The predicted molar refractivity (Wildman–Crippen MR) is 68.8 cm³/mol. The molecule has 6 nitrogen and oxygen atoms in total. The van der Waals surface area contributed by atoms with E-state index < -0.39 is 0 Å². The van der Waals surface area contributed by atoms with E-state index in [4.69, 9.17) is 14.0 Å². The van der Waals surface area contributed by atoms with Crippen molar-refractivity contribution in [3.05, 3.63) is 30.2 Å². The van der Waals surface area contributed by atoms with E-state index in [-0.39, 0.29) is 18.5 Å². The van der Waals surface area contributed by atoms with E-state index in [1.807, 2.05) is 24.3 Å².